The van der Waals surface area contributed by atoms with E-state index < -0.39 is 83.7 Å². The lowest BCUT2D eigenvalue weighted by molar-refractivity contribution is -0.139. The summed E-state index contributed by atoms with van der Waals surface area (Å²) in [7, 11) is 0. The van der Waals surface area contributed by atoms with Crippen LogP contribution in [0.2, 0.25) is 0 Å². The number of carbonyl (C=O) groups is 7. The maximum absolute atomic E-state index is 14.0. The summed E-state index contributed by atoms with van der Waals surface area (Å²) in [6.07, 6.45) is 1.81. The van der Waals surface area contributed by atoms with Crippen LogP contribution in [-0.4, -0.2) is 94.5 Å². The van der Waals surface area contributed by atoms with Crippen molar-refractivity contribution < 1.29 is 43.8 Å². The molecule has 1 aliphatic rings. The lowest BCUT2D eigenvalue weighted by atomic mass is 10.00. The van der Waals surface area contributed by atoms with E-state index in [1.807, 2.05) is 30.3 Å². The molecule has 3 aromatic carbocycles. The van der Waals surface area contributed by atoms with Gasteiger partial charge in [0.05, 0.1) is 0 Å². The van der Waals surface area contributed by atoms with Crippen LogP contribution in [-0.2, 0) is 48.0 Å². The van der Waals surface area contributed by atoms with E-state index in [-0.39, 0.29) is 38.0 Å². The van der Waals surface area contributed by atoms with Crippen LogP contribution in [0.15, 0.2) is 84.9 Å². The number of benzene rings is 3. The van der Waals surface area contributed by atoms with Gasteiger partial charge in [-0.1, -0.05) is 86.6 Å². The van der Waals surface area contributed by atoms with E-state index in [0.29, 0.717) is 31.2 Å². The van der Waals surface area contributed by atoms with Crippen molar-refractivity contribution in [2.45, 2.75) is 108 Å². The lowest BCUT2D eigenvalue weighted by Crippen LogP contribution is -2.60. The Kier molecular flexibility index (Phi) is 17.9. The highest BCUT2D eigenvalue weighted by molar-refractivity contribution is 5.96. The zero-order valence-electron chi connectivity index (χ0n) is 34.2. The number of carbonyl (C=O) groups excluding carboxylic acids is 6. The van der Waals surface area contributed by atoms with Crippen molar-refractivity contribution in [2.75, 3.05) is 6.54 Å². The number of urea groups is 1. The molecule has 0 unspecified atom stereocenters. The molecule has 1 heterocycles. The van der Waals surface area contributed by atoms with Gasteiger partial charge in [0.2, 0.25) is 29.5 Å². The van der Waals surface area contributed by atoms with E-state index in [1.54, 1.807) is 56.3 Å². The van der Waals surface area contributed by atoms with E-state index >= 15 is 0 Å². The zero-order valence-corrected chi connectivity index (χ0v) is 34.2. The van der Waals surface area contributed by atoms with Crippen LogP contribution in [0, 0.1) is 5.92 Å². The monoisotopic (exact) mass is 827 g/mol. The van der Waals surface area contributed by atoms with Crippen LogP contribution in [0.25, 0.3) is 0 Å². The third kappa shape index (κ3) is 15.1. The summed E-state index contributed by atoms with van der Waals surface area (Å²) >= 11 is 0. The predicted molar refractivity (Wildman–Crippen MR) is 223 cm³/mol. The quantitative estimate of drug-likeness (QED) is 0.130. The molecule has 0 bridgehead atoms. The molecule has 1 saturated heterocycles. The van der Waals surface area contributed by atoms with Crippen molar-refractivity contribution in [1.29, 1.82) is 0 Å². The van der Waals surface area contributed by atoms with E-state index in [9.17, 15) is 43.8 Å². The Morgan fingerprint density at radius 2 is 1.25 bits per heavy atom. The number of aromatic hydroxyl groups is 1. The molecule has 0 radical (unpaired) electrons. The number of rotatable bonds is 12. The van der Waals surface area contributed by atoms with Crippen LogP contribution < -0.4 is 37.2 Å². The van der Waals surface area contributed by atoms with Gasteiger partial charge in [-0.2, -0.15) is 0 Å². The number of hydrogen-bond donors (Lipinski definition) is 9. The summed E-state index contributed by atoms with van der Waals surface area (Å²) < 4.78 is 0. The molecule has 3 aromatic rings. The number of phenols is 1. The van der Waals surface area contributed by atoms with Crippen molar-refractivity contribution in [2.24, 2.45) is 5.92 Å². The van der Waals surface area contributed by atoms with Crippen molar-refractivity contribution in [3.63, 3.8) is 0 Å². The Labute approximate surface area is 350 Å². The molecule has 7 amide bonds. The molecule has 60 heavy (non-hydrogen) atoms. The lowest BCUT2D eigenvalue weighted by Gasteiger charge is -2.28. The predicted octanol–water partition coefficient (Wildman–Crippen LogP) is 2.24. The molecule has 1 aliphatic heterocycles. The van der Waals surface area contributed by atoms with Gasteiger partial charge in [0.1, 0.15) is 42.0 Å². The van der Waals surface area contributed by atoms with E-state index in [0.717, 1.165) is 11.1 Å². The molecule has 0 spiro atoms. The molecule has 16 nitrogen and oxygen atoms in total. The molecule has 322 valence electrons. The number of aliphatic carboxylic acids is 1. The summed E-state index contributed by atoms with van der Waals surface area (Å²) in [5.74, 6) is -4.78. The van der Waals surface area contributed by atoms with Crippen molar-refractivity contribution >= 4 is 41.5 Å². The van der Waals surface area contributed by atoms with Gasteiger partial charge in [0, 0.05) is 13.0 Å². The standard InChI is InChI=1S/C44H57N7O9/c1-27(2)37-42(57)48-35(24-19-29-12-6-4-7-13-29)40(55)46-28(3)38(53)47-34(23-20-30-17-21-32(52)22-18-30)39(54)45-25-11-10-16-33(41(56)51-37)49-44(60)50-36(43(58)59)26-31-14-8-5-9-15-31/h4-9,12-15,17-18,21-22,27-28,33-37,52H,10-11,16,19-20,23-26H2,1-3H3,(H,45,54)(H,46,55)(H,47,53)(H,48,57)(H,51,56)(H,58,59)(H2,49,50,60)/t28-,33+,34-,35-,36-,37-/m0/s1. The van der Waals surface area contributed by atoms with E-state index in [1.165, 1.54) is 19.1 Å². The number of nitrogens with one attached hydrogen (secondary N) is 7. The van der Waals surface area contributed by atoms with Crippen LogP contribution in [0.4, 0.5) is 4.79 Å². The average Bonchev–Trinajstić information content (AvgIpc) is 3.22. The largest absolute Gasteiger partial charge is 0.508 e. The smallest absolute Gasteiger partial charge is 0.326 e. The fraction of sp³-hybridized carbons (Fsp3) is 0.432. The van der Waals surface area contributed by atoms with E-state index in [2.05, 4.69) is 37.2 Å². The van der Waals surface area contributed by atoms with Gasteiger partial charge < -0.3 is 47.4 Å². The van der Waals surface area contributed by atoms with Crippen molar-refractivity contribution in [3.05, 3.63) is 102 Å². The van der Waals surface area contributed by atoms with Gasteiger partial charge >= 0.3 is 12.0 Å². The fourth-order valence-corrected chi connectivity index (χ4v) is 6.68. The molecule has 1 fully saturated rings. The third-order valence-corrected chi connectivity index (χ3v) is 10.2. The van der Waals surface area contributed by atoms with E-state index in [4.69, 9.17) is 0 Å². The van der Waals surface area contributed by atoms with Gasteiger partial charge in [0.25, 0.3) is 0 Å². The highest BCUT2D eigenvalue weighted by Gasteiger charge is 2.33. The summed E-state index contributed by atoms with van der Waals surface area (Å²) in [5.41, 5.74) is 2.40. The summed E-state index contributed by atoms with van der Waals surface area (Å²) in [6.45, 7) is 5.04. The van der Waals surface area contributed by atoms with Crippen LogP contribution in [0.3, 0.4) is 0 Å². The van der Waals surface area contributed by atoms with Crippen LogP contribution >= 0.6 is 0 Å². The summed E-state index contributed by atoms with van der Waals surface area (Å²) in [5, 5.41) is 38.4. The molecule has 16 heteroatoms. The minimum Gasteiger partial charge on any atom is -0.508 e. The van der Waals surface area contributed by atoms with Crippen LogP contribution in [0.5, 0.6) is 5.75 Å². The maximum atomic E-state index is 14.0. The maximum Gasteiger partial charge on any atom is 0.326 e. The first-order valence-electron chi connectivity index (χ1n) is 20.3. The van der Waals surface area contributed by atoms with Crippen molar-refractivity contribution in [3.8, 4) is 5.75 Å². The number of carboxylic acid groups (broad SMARTS) is 1. The first-order valence-corrected chi connectivity index (χ1v) is 20.3. The second-order valence-electron chi connectivity index (χ2n) is 15.4. The summed E-state index contributed by atoms with van der Waals surface area (Å²) in [6, 6.07) is 16.7. The number of hydrogen-bond acceptors (Lipinski definition) is 8. The molecular formula is C44H57N7O9. The SMILES string of the molecule is CC(C)[C@@H]1NC(=O)[C@H](NC(=O)N[C@@H](Cc2ccccc2)C(=O)O)CCCCNC(=O)[C@H](CCc2ccc(O)cc2)NC(=O)[C@H](C)NC(=O)[C@H](CCc2ccccc2)NC1=O. The minimum atomic E-state index is -1.31. The number of phenolic OH excluding ortho intramolecular Hbond substituents is 1. The Bertz CT molecular complexity index is 1910. The first-order chi connectivity index (χ1) is 28.7. The van der Waals surface area contributed by atoms with Crippen LogP contribution in [0.1, 0.15) is 69.6 Å². The Balaban J connectivity index is 1.59. The number of aryl methyl sites for hydroxylation is 2. The molecule has 0 aromatic heterocycles. The topological polar surface area (TPSA) is 244 Å². The van der Waals surface area contributed by atoms with Gasteiger partial charge in [-0.05, 0) is 86.6 Å². The highest BCUT2D eigenvalue weighted by Crippen LogP contribution is 2.14. The number of carboxylic acids is 1. The minimum absolute atomic E-state index is 0.00999. The second-order valence-corrected chi connectivity index (χ2v) is 15.4. The second kappa shape index (κ2) is 23.2. The molecule has 6 atom stereocenters. The highest BCUT2D eigenvalue weighted by atomic mass is 16.4. The van der Waals surface area contributed by atoms with Gasteiger partial charge in [-0.3, -0.25) is 24.0 Å². The molecule has 4 rings (SSSR count). The molecule has 0 saturated carbocycles. The number of amides is 7. The molecule has 9 N–H and O–H groups in total. The third-order valence-electron chi connectivity index (χ3n) is 10.2. The Hall–Kier alpha value is -6.45. The Morgan fingerprint density at radius 3 is 1.85 bits per heavy atom. The molecular weight excluding hydrogens is 771 g/mol. The zero-order chi connectivity index (χ0) is 43.6. The summed E-state index contributed by atoms with van der Waals surface area (Å²) in [4.78, 5) is 94.2. The normalized spacial score (nSPS) is 21.7. The Morgan fingerprint density at radius 1 is 0.683 bits per heavy atom. The average molecular weight is 828 g/mol. The van der Waals surface area contributed by atoms with Gasteiger partial charge in [0.15, 0.2) is 0 Å². The van der Waals surface area contributed by atoms with Gasteiger partial charge in [-0.25, -0.2) is 9.59 Å². The fourth-order valence-electron chi connectivity index (χ4n) is 6.68. The first kappa shape index (κ1) is 46.2. The van der Waals surface area contributed by atoms with Gasteiger partial charge in [-0.15, -0.1) is 0 Å². The van der Waals surface area contributed by atoms with Crippen molar-refractivity contribution in [1.82, 2.24) is 37.2 Å². The molecule has 0 aliphatic carbocycles.